The van der Waals surface area contributed by atoms with E-state index in [2.05, 4.69) is 0 Å². The van der Waals surface area contributed by atoms with Crippen molar-refractivity contribution in [1.29, 1.82) is 0 Å². The number of halogens is 2. The molecule has 0 aromatic heterocycles. The van der Waals surface area contributed by atoms with Crippen LogP contribution < -0.4 is 4.74 Å². The van der Waals surface area contributed by atoms with Gasteiger partial charge in [0.15, 0.2) is 0 Å². The molecule has 0 amide bonds. The zero-order valence-electron chi connectivity index (χ0n) is 7.26. The largest absolute Gasteiger partial charge is 0.464 e. The molecule has 1 nitrogen and oxygen atoms in total. The monoisotopic (exact) mass is 216 g/mol. The molecule has 0 heterocycles. The van der Waals surface area contributed by atoms with E-state index in [0.29, 0.717) is 15.8 Å². The smallest absolute Gasteiger partial charge is 0.145 e. The van der Waals surface area contributed by atoms with E-state index in [9.17, 15) is 0 Å². The molecule has 0 aliphatic carbocycles. The minimum Gasteiger partial charge on any atom is -0.464 e. The second-order valence-electron chi connectivity index (χ2n) is 2.47. The molecule has 0 radical (unpaired) electrons. The summed E-state index contributed by atoms with van der Waals surface area (Å²) in [5.41, 5.74) is 0. The van der Waals surface area contributed by atoms with E-state index >= 15 is 0 Å². The van der Waals surface area contributed by atoms with Crippen molar-refractivity contribution in [3.05, 3.63) is 40.6 Å². The molecule has 0 unspecified atom stereocenters. The van der Waals surface area contributed by atoms with Gasteiger partial charge in [0.05, 0.1) is 11.3 Å². The molecule has 1 aromatic rings. The van der Waals surface area contributed by atoms with Gasteiger partial charge in [-0.3, -0.25) is 0 Å². The third-order valence-corrected chi connectivity index (χ3v) is 1.95. The molecule has 13 heavy (non-hydrogen) atoms. The van der Waals surface area contributed by atoms with Crippen molar-refractivity contribution in [2.45, 2.75) is 13.3 Å². The first kappa shape index (κ1) is 10.4. The van der Waals surface area contributed by atoms with Crippen LogP contribution in [0.1, 0.15) is 13.3 Å². The van der Waals surface area contributed by atoms with Crippen LogP contribution in [0.5, 0.6) is 5.75 Å². The number of allylic oxidation sites excluding steroid dienone is 1. The molecule has 0 aliphatic rings. The molecule has 3 heteroatoms. The summed E-state index contributed by atoms with van der Waals surface area (Å²) >= 11 is 11.6. The summed E-state index contributed by atoms with van der Waals surface area (Å²) in [6.45, 7) is 2.03. The Labute approximate surface area is 87.9 Å². The van der Waals surface area contributed by atoms with Gasteiger partial charge in [-0.1, -0.05) is 30.1 Å². The van der Waals surface area contributed by atoms with Crippen molar-refractivity contribution >= 4 is 23.2 Å². The summed E-state index contributed by atoms with van der Waals surface area (Å²) in [5, 5.41) is 1.13. The summed E-state index contributed by atoms with van der Waals surface area (Å²) in [4.78, 5) is 0. The highest BCUT2D eigenvalue weighted by molar-refractivity contribution is 6.35. The topological polar surface area (TPSA) is 9.23 Å². The molecule has 70 valence electrons. The lowest BCUT2D eigenvalue weighted by atomic mass is 10.3. The number of ether oxygens (including phenoxy) is 1. The van der Waals surface area contributed by atoms with Gasteiger partial charge in [0.2, 0.25) is 0 Å². The summed E-state index contributed by atoms with van der Waals surface area (Å²) in [6.07, 6.45) is 4.46. The molecule has 0 saturated heterocycles. The van der Waals surface area contributed by atoms with Crippen molar-refractivity contribution in [2.24, 2.45) is 0 Å². The maximum Gasteiger partial charge on any atom is 0.145 e. The Kier molecular flexibility index (Phi) is 4.13. The van der Waals surface area contributed by atoms with Crippen LogP contribution in [0.4, 0.5) is 0 Å². The fraction of sp³-hybridized carbons (Fsp3) is 0.200. The average molecular weight is 217 g/mol. The number of benzene rings is 1. The van der Waals surface area contributed by atoms with E-state index in [-0.39, 0.29) is 0 Å². The van der Waals surface area contributed by atoms with Gasteiger partial charge in [-0.05, 0) is 30.7 Å². The van der Waals surface area contributed by atoms with Gasteiger partial charge in [0, 0.05) is 5.02 Å². The van der Waals surface area contributed by atoms with Gasteiger partial charge in [0.25, 0.3) is 0 Å². The predicted molar refractivity (Wildman–Crippen MR) is 56.5 cm³/mol. The van der Waals surface area contributed by atoms with E-state index in [1.54, 1.807) is 24.5 Å². The normalized spacial score (nSPS) is 10.7. The Morgan fingerprint density at radius 2 is 2.15 bits per heavy atom. The van der Waals surface area contributed by atoms with Gasteiger partial charge in [0.1, 0.15) is 5.75 Å². The number of hydrogen-bond acceptors (Lipinski definition) is 1. The Morgan fingerprint density at radius 3 is 2.77 bits per heavy atom. The molecular weight excluding hydrogens is 207 g/mol. The molecule has 0 fully saturated rings. The SMILES string of the molecule is CC/C=C/Oc1ccc(Cl)cc1Cl. The van der Waals surface area contributed by atoms with Crippen LogP contribution in [0.15, 0.2) is 30.5 Å². The van der Waals surface area contributed by atoms with Gasteiger partial charge in [-0.25, -0.2) is 0 Å². The van der Waals surface area contributed by atoms with Gasteiger partial charge >= 0.3 is 0 Å². The molecule has 0 N–H and O–H groups in total. The zero-order chi connectivity index (χ0) is 9.68. The number of rotatable bonds is 3. The fourth-order valence-corrected chi connectivity index (χ4v) is 1.24. The van der Waals surface area contributed by atoms with Crippen molar-refractivity contribution in [1.82, 2.24) is 0 Å². The average Bonchev–Trinajstić information content (AvgIpc) is 2.09. The highest BCUT2D eigenvalue weighted by atomic mass is 35.5. The second-order valence-corrected chi connectivity index (χ2v) is 3.32. The maximum absolute atomic E-state index is 5.87. The summed E-state index contributed by atoms with van der Waals surface area (Å²) in [6, 6.07) is 5.13. The molecular formula is C10H10Cl2O. The highest BCUT2D eigenvalue weighted by Crippen LogP contribution is 2.27. The predicted octanol–water partition coefficient (Wildman–Crippen LogP) is 4.30. The van der Waals surface area contributed by atoms with E-state index in [1.165, 1.54) is 0 Å². The van der Waals surface area contributed by atoms with Crippen molar-refractivity contribution < 1.29 is 4.74 Å². The minimum atomic E-state index is 0.522. The van der Waals surface area contributed by atoms with Crippen LogP contribution in [0.25, 0.3) is 0 Å². The van der Waals surface area contributed by atoms with Crippen LogP contribution in [0.3, 0.4) is 0 Å². The second kappa shape index (κ2) is 5.15. The van der Waals surface area contributed by atoms with E-state index < -0.39 is 0 Å². The van der Waals surface area contributed by atoms with Gasteiger partial charge < -0.3 is 4.74 Å². The molecule has 0 saturated carbocycles. The van der Waals surface area contributed by atoms with Crippen molar-refractivity contribution in [3.8, 4) is 5.75 Å². The molecule has 1 aromatic carbocycles. The molecule has 1 rings (SSSR count). The van der Waals surface area contributed by atoms with Crippen LogP contribution in [-0.2, 0) is 0 Å². The Hall–Kier alpha value is -0.660. The van der Waals surface area contributed by atoms with Crippen molar-refractivity contribution in [3.63, 3.8) is 0 Å². The van der Waals surface area contributed by atoms with Crippen LogP contribution in [-0.4, -0.2) is 0 Å². The van der Waals surface area contributed by atoms with Crippen LogP contribution in [0.2, 0.25) is 10.0 Å². The molecule has 0 aliphatic heterocycles. The highest BCUT2D eigenvalue weighted by Gasteiger charge is 1.99. The van der Waals surface area contributed by atoms with Gasteiger partial charge in [-0.15, -0.1) is 0 Å². The Balaban J connectivity index is 2.72. The van der Waals surface area contributed by atoms with Crippen LogP contribution >= 0.6 is 23.2 Å². The molecule has 0 atom stereocenters. The van der Waals surface area contributed by atoms with E-state index in [1.807, 2.05) is 13.0 Å². The zero-order valence-corrected chi connectivity index (χ0v) is 8.77. The minimum absolute atomic E-state index is 0.522. The van der Waals surface area contributed by atoms with Gasteiger partial charge in [-0.2, -0.15) is 0 Å². The lowest BCUT2D eigenvalue weighted by molar-refractivity contribution is 0.479. The lowest BCUT2D eigenvalue weighted by Crippen LogP contribution is -1.82. The van der Waals surface area contributed by atoms with Crippen LogP contribution in [0, 0.1) is 0 Å². The van der Waals surface area contributed by atoms with Crippen molar-refractivity contribution in [2.75, 3.05) is 0 Å². The first-order chi connectivity index (χ1) is 6.24. The van der Waals surface area contributed by atoms with E-state index in [4.69, 9.17) is 27.9 Å². The number of hydrogen-bond donors (Lipinski definition) is 0. The fourth-order valence-electron chi connectivity index (χ4n) is 0.788. The lowest BCUT2D eigenvalue weighted by Gasteiger charge is -2.02. The first-order valence-corrected chi connectivity index (χ1v) is 4.76. The Morgan fingerprint density at radius 1 is 1.38 bits per heavy atom. The third kappa shape index (κ3) is 3.29. The standard InChI is InChI=1S/C10H10Cl2O/c1-2-3-6-13-10-5-4-8(11)7-9(10)12/h3-7H,2H2,1H3/b6-3+. The Bertz CT molecular complexity index is 308. The first-order valence-electron chi connectivity index (χ1n) is 4.00. The maximum atomic E-state index is 5.87. The molecule has 0 spiro atoms. The summed E-state index contributed by atoms with van der Waals surface area (Å²) in [7, 11) is 0. The molecule has 0 bridgehead atoms. The summed E-state index contributed by atoms with van der Waals surface area (Å²) < 4.78 is 5.26. The quantitative estimate of drug-likeness (QED) is 0.686. The summed E-state index contributed by atoms with van der Waals surface area (Å²) in [5.74, 6) is 0.621. The third-order valence-electron chi connectivity index (χ3n) is 1.42. The van der Waals surface area contributed by atoms with E-state index in [0.717, 1.165) is 6.42 Å².